The van der Waals surface area contributed by atoms with Crippen molar-refractivity contribution in [2.45, 2.75) is 174 Å². The number of allylic oxidation sites excluding steroid dienone is 2. The molecule has 0 saturated heterocycles. The Kier molecular flexibility index (Phi) is 30.9. The predicted octanol–water partition coefficient (Wildman–Crippen LogP) is 9.16. The molecule has 0 radical (unpaired) electrons. The number of carboxylic acids is 1. The van der Waals surface area contributed by atoms with Crippen LogP contribution in [0.25, 0.3) is 0 Å². The minimum Gasteiger partial charge on any atom is -0.477 e. The molecule has 0 aromatic heterocycles. The summed E-state index contributed by atoms with van der Waals surface area (Å²) in [4.78, 5) is 36.8. The average Bonchev–Trinajstić information content (AvgIpc) is 3.03. The third kappa shape index (κ3) is 32.6. The van der Waals surface area contributed by atoms with Gasteiger partial charge in [-0.1, -0.05) is 122 Å². The highest BCUT2D eigenvalue weighted by molar-refractivity contribution is 5.71. The second-order valence-corrected chi connectivity index (χ2v) is 14.2. The van der Waals surface area contributed by atoms with Gasteiger partial charge in [-0.3, -0.25) is 9.59 Å². The third-order valence-corrected chi connectivity index (χ3v) is 8.27. The Balaban J connectivity index is 4.55. The zero-order chi connectivity index (χ0) is 35.7. The normalized spacial score (nSPS) is 13.1. The van der Waals surface area contributed by atoms with E-state index in [4.69, 9.17) is 18.9 Å². The number of quaternary nitrogens is 1. The smallest absolute Gasteiger partial charge is 0.361 e. The van der Waals surface area contributed by atoms with Crippen LogP contribution in [0.2, 0.25) is 0 Å². The molecule has 0 heterocycles. The van der Waals surface area contributed by atoms with Crippen LogP contribution < -0.4 is 0 Å². The summed E-state index contributed by atoms with van der Waals surface area (Å²) in [7, 11) is 5.94. The fourth-order valence-electron chi connectivity index (χ4n) is 5.18. The number of ether oxygens (including phenoxy) is 4. The van der Waals surface area contributed by atoms with Crippen molar-refractivity contribution in [3.63, 3.8) is 0 Å². The van der Waals surface area contributed by atoms with Crippen molar-refractivity contribution in [3.05, 3.63) is 12.2 Å². The van der Waals surface area contributed by atoms with Crippen molar-refractivity contribution in [3.8, 4) is 0 Å². The number of carboxylic acid groups (broad SMARTS) is 1. The molecule has 0 saturated carbocycles. The quantitative estimate of drug-likeness (QED) is 0.0232. The summed E-state index contributed by atoms with van der Waals surface area (Å²) < 4.78 is 22.6. The second-order valence-electron chi connectivity index (χ2n) is 14.2. The first-order valence-corrected chi connectivity index (χ1v) is 19.4. The molecule has 0 amide bonds. The van der Waals surface area contributed by atoms with E-state index >= 15 is 0 Å². The van der Waals surface area contributed by atoms with Crippen LogP contribution in [0.4, 0.5) is 0 Å². The number of esters is 2. The number of aliphatic carboxylic acids is 1. The van der Waals surface area contributed by atoms with Gasteiger partial charge in [0.1, 0.15) is 13.2 Å². The molecule has 0 spiro atoms. The summed E-state index contributed by atoms with van der Waals surface area (Å²) >= 11 is 0. The van der Waals surface area contributed by atoms with Crippen LogP contribution >= 0.6 is 0 Å². The molecule has 0 aliphatic carbocycles. The van der Waals surface area contributed by atoms with Gasteiger partial charge in [0.2, 0.25) is 0 Å². The van der Waals surface area contributed by atoms with Gasteiger partial charge in [0.25, 0.3) is 6.29 Å². The lowest BCUT2D eigenvalue weighted by Crippen LogP contribution is -2.40. The molecular weight excluding hydrogens is 610 g/mol. The van der Waals surface area contributed by atoms with Gasteiger partial charge in [0.05, 0.1) is 34.4 Å². The molecule has 0 bridgehead atoms. The fourth-order valence-corrected chi connectivity index (χ4v) is 5.18. The van der Waals surface area contributed by atoms with Crippen molar-refractivity contribution < 1.29 is 42.9 Å². The molecule has 48 heavy (non-hydrogen) atoms. The number of hydrogen-bond acceptors (Lipinski definition) is 7. The van der Waals surface area contributed by atoms with Crippen LogP contribution in [0.3, 0.4) is 0 Å². The Morgan fingerprint density at radius 1 is 0.604 bits per heavy atom. The van der Waals surface area contributed by atoms with E-state index in [1.54, 1.807) is 0 Å². The topological polar surface area (TPSA) is 108 Å². The first-order chi connectivity index (χ1) is 23.1. The number of nitrogens with zero attached hydrogens (tertiary/aromatic N) is 1. The molecule has 0 aliphatic rings. The molecule has 0 aromatic carbocycles. The molecule has 0 fully saturated rings. The molecule has 0 aliphatic heterocycles. The molecule has 2 unspecified atom stereocenters. The third-order valence-electron chi connectivity index (χ3n) is 8.27. The maximum atomic E-state index is 12.7. The summed E-state index contributed by atoms with van der Waals surface area (Å²) in [5, 5.41) is 9.57. The summed E-state index contributed by atoms with van der Waals surface area (Å²) in [6, 6.07) is 0. The van der Waals surface area contributed by atoms with Gasteiger partial charge in [-0.25, -0.2) is 4.79 Å². The Bertz CT molecular complexity index is 810. The number of hydrogen-bond donors (Lipinski definition) is 1. The number of unbranched alkanes of at least 4 members (excludes halogenated alkanes) is 18. The number of carbonyl (C=O) groups excluding carboxylic acids is 2. The molecule has 1 N–H and O–H groups in total. The second kappa shape index (κ2) is 32.2. The fraction of sp³-hybridized carbons (Fsp3) is 0.872. The van der Waals surface area contributed by atoms with Crippen molar-refractivity contribution in [2.75, 3.05) is 47.5 Å². The lowest BCUT2D eigenvalue weighted by Gasteiger charge is -2.25. The number of likely N-dealkylation sites (N-methyl/N-ethyl adjacent to an activating group) is 1. The Morgan fingerprint density at radius 2 is 1.06 bits per heavy atom. The summed E-state index contributed by atoms with van der Waals surface area (Å²) in [5.74, 6) is -2.02. The Hall–Kier alpha value is -1.97. The van der Waals surface area contributed by atoms with Crippen LogP contribution in [0, 0.1) is 0 Å². The zero-order valence-electron chi connectivity index (χ0n) is 31.7. The minimum absolute atomic E-state index is 0.181. The highest BCUT2D eigenvalue weighted by Gasteiger charge is 2.25. The maximum Gasteiger partial charge on any atom is 0.361 e. The molecule has 282 valence electrons. The van der Waals surface area contributed by atoms with Crippen molar-refractivity contribution in [1.29, 1.82) is 0 Å². The monoisotopic (exact) mass is 685 g/mol. The lowest BCUT2D eigenvalue weighted by molar-refractivity contribution is -0.870. The average molecular weight is 685 g/mol. The van der Waals surface area contributed by atoms with E-state index < -0.39 is 24.3 Å². The van der Waals surface area contributed by atoms with Crippen molar-refractivity contribution in [2.24, 2.45) is 0 Å². The van der Waals surface area contributed by atoms with E-state index in [1.807, 2.05) is 21.1 Å². The van der Waals surface area contributed by atoms with Crippen LogP contribution in [-0.4, -0.2) is 87.4 Å². The van der Waals surface area contributed by atoms with Gasteiger partial charge in [-0.15, -0.1) is 0 Å². The van der Waals surface area contributed by atoms with Crippen LogP contribution in [0.5, 0.6) is 0 Å². The van der Waals surface area contributed by atoms with Crippen LogP contribution in [-0.2, 0) is 33.3 Å². The van der Waals surface area contributed by atoms with E-state index in [0.717, 1.165) is 51.4 Å². The van der Waals surface area contributed by atoms with E-state index in [1.165, 1.54) is 77.0 Å². The first-order valence-electron chi connectivity index (χ1n) is 19.4. The largest absolute Gasteiger partial charge is 0.477 e. The number of carbonyl (C=O) groups is 3. The Labute approximate surface area is 294 Å². The summed E-state index contributed by atoms with van der Waals surface area (Å²) in [5.41, 5.74) is 0. The van der Waals surface area contributed by atoms with Gasteiger partial charge in [0, 0.05) is 12.8 Å². The Morgan fingerprint density at radius 3 is 1.56 bits per heavy atom. The molecule has 9 nitrogen and oxygen atoms in total. The summed E-state index contributed by atoms with van der Waals surface area (Å²) in [6.07, 6.45) is 27.0. The molecule has 0 aromatic rings. The maximum absolute atomic E-state index is 12.7. The zero-order valence-corrected chi connectivity index (χ0v) is 31.7. The summed E-state index contributed by atoms with van der Waals surface area (Å²) in [6.45, 7) is 4.82. The van der Waals surface area contributed by atoms with Gasteiger partial charge < -0.3 is 28.5 Å². The molecule has 2 atom stereocenters. The van der Waals surface area contributed by atoms with E-state index in [9.17, 15) is 19.5 Å². The van der Waals surface area contributed by atoms with E-state index in [2.05, 4.69) is 26.0 Å². The predicted molar refractivity (Wildman–Crippen MR) is 194 cm³/mol. The van der Waals surface area contributed by atoms with E-state index in [0.29, 0.717) is 23.9 Å². The van der Waals surface area contributed by atoms with E-state index in [-0.39, 0.29) is 32.2 Å². The van der Waals surface area contributed by atoms with Crippen LogP contribution in [0.15, 0.2) is 12.2 Å². The molecule has 0 rings (SSSR count). The molecular formula is C39H74NO8+. The molecule has 9 heteroatoms. The first kappa shape index (κ1) is 46.0. The lowest BCUT2D eigenvalue weighted by atomic mass is 10.1. The van der Waals surface area contributed by atoms with Gasteiger partial charge in [0.15, 0.2) is 6.10 Å². The highest BCUT2D eigenvalue weighted by Crippen LogP contribution is 2.13. The minimum atomic E-state index is -1.50. The SMILES string of the molecule is CCCCCC/C=C\CCCCCCCC(=O)OC(COC(=O)CCCCCCCCCCCC)COC(OCC[N+](C)(C)C)C(=O)O. The van der Waals surface area contributed by atoms with Crippen LogP contribution in [0.1, 0.15) is 162 Å². The highest BCUT2D eigenvalue weighted by atomic mass is 16.7. The number of rotatable bonds is 35. The standard InChI is InChI=1S/C39H73NO8/c1-6-8-10-12-14-16-18-19-20-22-24-26-28-30-37(42)48-35(34-47-39(38(43)44)45-32-31-40(3,4)5)33-46-36(41)29-27-25-23-21-17-15-13-11-9-7-2/h16,18,35,39H,6-15,17,19-34H2,1-5H3/p+1/b18-16-. The van der Waals surface area contributed by atoms with Crippen molar-refractivity contribution >= 4 is 17.9 Å². The van der Waals surface area contributed by atoms with Gasteiger partial charge in [-0.05, 0) is 38.5 Å². The van der Waals surface area contributed by atoms with Gasteiger partial charge >= 0.3 is 17.9 Å². The van der Waals surface area contributed by atoms with Crippen molar-refractivity contribution in [1.82, 2.24) is 0 Å². The van der Waals surface area contributed by atoms with Gasteiger partial charge in [-0.2, -0.15) is 0 Å².